The first kappa shape index (κ1) is 9.12. The Morgan fingerprint density at radius 3 is 2.33 bits per heavy atom. The largest absolute Gasteiger partial charge is 0.431 e. The minimum atomic E-state index is -4.31. The summed E-state index contributed by atoms with van der Waals surface area (Å²) < 4.78 is 36.1. The Balaban J connectivity index is 3.05. The summed E-state index contributed by atoms with van der Waals surface area (Å²) in [5.74, 6) is 0. The number of nitrogens with one attached hydrogen (secondary N) is 1. The quantitative estimate of drug-likeness (QED) is 0.676. The van der Waals surface area contributed by atoms with E-state index < -0.39 is 11.9 Å². The van der Waals surface area contributed by atoms with Gasteiger partial charge in [-0.05, 0) is 18.6 Å². The summed E-state index contributed by atoms with van der Waals surface area (Å²) in [6.45, 7) is 1.69. The molecular weight excluding hydrogens is 169 g/mol. The van der Waals surface area contributed by atoms with E-state index in [1.165, 1.54) is 0 Å². The van der Waals surface area contributed by atoms with Gasteiger partial charge in [0.2, 0.25) is 0 Å². The van der Waals surface area contributed by atoms with Gasteiger partial charge in [-0.1, -0.05) is 0 Å². The van der Waals surface area contributed by atoms with Crippen molar-refractivity contribution in [2.24, 2.45) is 5.73 Å². The van der Waals surface area contributed by atoms with Crippen molar-refractivity contribution < 1.29 is 13.2 Å². The molecule has 1 aromatic heterocycles. The van der Waals surface area contributed by atoms with E-state index in [-0.39, 0.29) is 6.54 Å². The highest BCUT2D eigenvalue weighted by molar-refractivity contribution is 5.26. The molecule has 0 aliphatic heterocycles. The fraction of sp³-hybridized carbons (Fsp3) is 0.429. The molecule has 1 aromatic rings. The summed E-state index contributed by atoms with van der Waals surface area (Å²) >= 11 is 0. The number of nitrogens with two attached hydrogens (primary N) is 1. The second-order valence-electron chi connectivity index (χ2n) is 2.54. The molecule has 5 heteroatoms. The van der Waals surface area contributed by atoms with Crippen LogP contribution in [0.15, 0.2) is 6.07 Å². The molecule has 0 fully saturated rings. The molecule has 1 rings (SSSR count). The number of aryl methyl sites for hydroxylation is 1. The molecule has 0 aliphatic carbocycles. The number of hydrogen-bond donors (Lipinski definition) is 2. The number of rotatable bonds is 1. The summed E-state index contributed by atoms with van der Waals surface area (Å²) in [5.41, 5.74) is 5.46. The fourth-order valence-corrected chi connectivity index (χ4v) is 0.966. The average molecular weight is 178 g/mol. The third-order valence-corrected chi connectivity index (χ3v) is 1.65. The predicted octanol–water partition coefficient (Wildman–Crippen LogP) is 1.80. The molecular formula is C7H9F3N2. The van der Waals surface area contributed by atoms with Gasteiger partial charge in [-0.25, -0.2) is 0 Å². The normalized spacial score (nSPS) is 12.1. The molecule has 0 amide bonds. The molecule has 68 valence electrons. The lowest BCUT2D eigenvalue weighted by molar-refractivity contribution is -0.140. The highest BCUT2D eigenvalue weighted by Gasteiger charge is 2.32. The minimum absolute atomic E-state index is 0.123. The highest BCUT2D eigenvalue weighted by atomic mass is 19.4. The summed E-state index contributed by atoms with van der Waals surface area (Å²) in [7, 11) is 0. The predicted molar refractivity (Wildman–Crippen MR) is 38.4 cm³/mol. The summed E-state index contributed by atoms with van der Waals surface area (Å²) in [6, 6.07) is 1.04. The molecule has 12 heavy (non-hydrogen) atoms. The van der Waals surface area contributed by atoms with Crippen molar-refractivity contribution in [3.63, 3.8) is 0 Å². The maximum atomic E-state index is 12.0. The molecule has 0 unspecified atom stereocenters. The van der Waals surface area contributed by atoms with Crippen molar-refractivity contribution in [1.82, 2.24) is 4.98 Å². The monoisotopic (exact) mass is 178 g/mol. The van der Waals surface area contributed by atoms with Crippen LogP contribution in [0, 0.1) is 6.92 Å². The molecule has 0 spiro atoms. The van der Waals surface area contributed by atoms with Crippen molar-refractivity contribution >= 4 is 0 Å². The maximum absolute atomic E-state index is 12.0. The number of aromatic nitrogens is 1. The van der Waals surface area contributed by atoms with Gasteiger partial charge in [0.15, 0.2) is 0 Å². The molecule has 3 N–H and O–H groups in total. The molecule has 0 aromatic carbocycles. The number of halogens is 3. The van der Waals surface area contributed by atoms with E-state index in [1.807, 2.05) is 0 Å². The first-order valence-corrected chi connectivity index (χ1v) is 3.41. The third-order valence-electron chi connectivity index (χ3n) is 1.65. The first-order chi connectivity index (χ1) is 5.45. The fourth-order valence-electron chi connectivity index (χ4n) is 0.966. The Labute approximate surface area is 67.6 Å². The van der Waals surface area contributed by atoms with Crippen molar-refractivity contribution in [3.8, 4) is 0 Å². The molecule has 0 saturated carbocycles. The summed E-state index contributed by atoms with van der Waals surface area (Å²) in [4.78, 5) is 2.23. The molecule has 0 bridgehead atoms. The van der Waals surface area contributed by atoms with Crippen LogP contribution in [0.3, 0.4) is 0 Å². The smallest absolute Gasteiger partial charge is 0.355 e. The van der Waals surface area contributed by atoms with Crippen LogP contribution in [0.2, 0.25) is 0 Å². The van der Waals surface area contributed by atoms with Crippen molar-refractivity contribution in [2.45, 2.75) is 19.6 Å². The SMILES string of the molecule is Cc1[nH]c(C(F)(F)F)cc1CN. The van der Waals surface area contributed by atoms with Crippen LogP contribution in [0.5, 0.6) is 0 Å². The molecule has 0 saturated heterocycles. The Kier molecular flexibility index (Phi) is 2.14. The van der Waals surface area contributed by atoms with E-state index in [1.54, 1.807) is 6.92 Å². The zero-order valence-corrected chi connectivity index (χ0v) is 6.50. The lowest BCUT2D eigenvalue weighted by Crippen LogP contribution is -2.04. The topological polar surface area (TPSA) is 41.8 Å². The van der Waals surface area contributed by atoms with Gasteiger partial charge in [0, 0.05) is 12.2 Å². The van der Waals surface area contributed by atoms with Gasteiger partial charge in [0.1, 0.15) is 5.69 Å². The van der Waals surface area contributed by atoms with Crippen LogP contribution in [0.25, 0.3) is 0 Å². The Morgan fingerprint density at radius 1 is 1.50 bits per heavy atom. The van der Waals surface area contributed by atoms with Crippen LogP contribution in [-0.2, 0) is 12.7 Å². The van der Waals surface area contributed by atoms with Crippen molar-refractivity contribution in [1.29, 1.82) is 0 Å². The molecule has 0 radical (unpaired) electrons. The lowest BCUT2D eigenvalue weighted by Gasteiger charge is -2.01. The van der Waals surface area contributed by atoms with Gasteiger partial charge in [0.25, 0.3) is 0 Å². The van der Waals surface area contributed by atoms with Gasteiger partial charge in [-0.15, -0.1) is 0 Å². The second kappa shape index (κ2) is 2.82. The Bertz CT molecular complexity index is 275. The van der Waals surface area contributed by atoms with Gasteiger partial charge >= 0.3 is 6.18 Å². The molecule has 1 heterocycles. The Hall–Kier alpha value is -0.970. The number of hydrogen-bond acceptors (Lipinski definition) is 1. The highest BCUT2D eigenvalue weighted by Crippen LogP contribution is 2.29. The summed E-state index contributed by atoms with van der Waals surface area (Å²) in [5, 5.41) is 0. The zero-order chi connectivity index (χ0) is 9.35. The van der Waals surface area contributed by atoms with E-state index in [4.69, 9.17) is 5.73 Å². The first-order valence-electron chi connectivity index (χ1n) is 3.41. The molecule has 0 atom stereocenters. The van der Waals surface area contributed by atoms with E-state index in [0.29, 0.717) is 11.3 Å². The van der Waals surface area contributed by atoms with Gasteiger partial charge in [0.05, 0.1) is 0 Å². The van der Waals surface area contributed by atoms with Crippen LogP contribution in [0.4, 0.5) is 13.2 Å². The number of H-pyrrole nitrogens is 1. The Morgan fingerprint density at radius 2 is 2.08 bits per heavy atom. The lowest BCUT2D eigenvalue weighted by atomic mass is 10.2. The van der Waals surface area contributed by atoms with Crippen LogP contribution >= 0.6 is 0 Å². The van der Waals surface area contributed by atoms with Crippen molar-refractivity contribution in [3.05, 3.63) is 23.0 Å². The zero-order valence-electron chi connectivity index (χ0n) is 6.50. The summed E-state index contributed by atoms with van der Waals surface area (Å²) in [6.07, 6.45) is -4.31. The van der Waals surface area contributed by atoms with E-state index >= 15 is 0 Å². The van der Waals surface area contributed by atoms with E-state index in [2.05, 4.69) is 4.98 Å². The van der Waals surface area contributed by atoms with Gasteiger partial charge in [-0.2, -0.15) is 13.2 Å². The average Bonchev–Trinajstić information content (AvgIpc) is 2.29. The maximum Gasteiger partial charge on any atom is 0.431 e. The van der Waals surface area contributed by atoms with Gasteiger partial charge < -0.3 is 10.7 Å². The van der Waals surface area contributed by atoms with Crippen molar-refractivity contribution in [2.75, 3.05) is 0 Å². The second-order valence-corrected chi connectivity index (χ2v) is 2.54. The van der Waals surface area contributed by atoms with Gasteiger partial charge in [-0.3, -0.25) is 0 Å². The van der Waals surface area contributed by atoms with E-state index in [0.717, 1.165) is 6.07 Å². The number of alkyl halides is 3. The van der Waals surface area contributed by atoms with Crippen LogP contribution in [0.1, 0.15) is 17.0 Å². The molecule has 2 nitrogen and oxygen atoms in total. The minimum Gasteiger partial charge on any atom is -0.355 e. The van der Waals surface area contributed by atoms with Crippen LogP contribution < -0.4 is 5.73 Å². The standard InChI is InChI=1S/C7H9F3N2/c1-4-5(3-11)2-6(12-4)7(8,9)10/h2,12H,3,11H2,1H3. The van der Waals surface area contributed by atoms with E-state index in [9.17, 15) is 13.2 Å². The number of aromatic amines is 1. The molecule has 0 aliphatic rings. The third kappa shape index (κ3) is 1.61. The van der Waals surface area contributed by atoms with Crippen LogP contribution in [-0.4, -0.2) is 4.98 Å².